The molecule has 3 N–H and O–H groups in total. The average Bonchev–Trinajstić information content (AvgIpc) is 2.39. The third kappa shape index (κ3) is 4.86. The van der Waals surface area contributed by atoms with Gasteiger partial charge in [-0.2, -0.15) is 0 Å². The molecule has 0 aliphatic carbocycles. The fourth-order valence-corrected chi connectivity index (χ4v) is 2.11. The number of esters is 1. The molecule has 19 heavy (non-hydrogen) atoms. The average molecular weight is 271 g/mol. The second kappa shape index (κ2) is 7.73. The smallest absolute Gasteiger partial charge is 0.328 e. The molecule has 0 bridgehead atoms. The highest BCUT2D eigenvalue weighted by Gasteiger charge is 2.30. The van der Waals surface area contributed by atoms with Crippen LogP contribution in [0.5, 0.6) is 0 Å². The Kier molecular flexibility index (Phi) is 6.27. The quantitative estimate of drug-likeness (QED) is 0.526. The summed E-state index contributed by atoms with van der Waals surface area (Å²) in [6.07, 6.45) is 1.88. The normalized spacial score (nSPS) is 20.3. The summed E-state index contributed by atoms with van der Waals surface area (Å²) in [4.78, 5) is 34.8. The van der Waals surface area contributed by atoms with Crippen LogP contribution in [0.15, 0.2) is 0 Å². The van der Waals surface area contributed by atoms with E-state index in [1.807, 2.05) is 0 Å². The van der Waals surface area contributed by atoms with E-state index in [2.05, 4.69) is 20.7 Å². The van der Waals surface area contributed by atoms with Crippen LogP contribution < -0.4 is 16.0 Å². The molecule has 1 saturated heterocycles. The van der Waals surface area contributed by atoms with E-state index in [-0.39, 0.29) is 30.7 Å². The third-order valence-corrected chi connectivity index (χ3v) is 3.08. The largest absolute Gasteiger partial charge is 0.467 e. The molecule has 1 rings (SSSR count). The number of carbonyl (C=O) groups is 3. The van der Waals surface area contributed by atoms with E-state index in [4.69, 9.17) is 0 Å². The zero-order valence-electron chi connectivity index (χ0n) is 11.3. The van der Waals surface area contributed by atoms with Crippen molar-refractivity contribution in [2.45, 2.75) is 25.3 Å². The van der Waals surface area contributed by atoms with Gasteiger partial charge in [0.05, 0.1) is 13.7 Å². The van der Waals surface area contributed by atoms with E-state index in [0.29, 0.717) is 6.54 Å². The highest BCUT2D eigenvalue weighted by Crippen LogP contribution is 2.17. The molecule has 0 aromatic rings. The van der Waals surface area contributed by atoms with Crippen LogP contribution in [0.4, 0.5) is 0 Å². The van der Waals surface area contributed by atoms with Crippen molar-refractivity contribution in [3.8, 4) is 0 Å². The minimum Gasteiger partial charge on any atom is -0.467 e. The molecule has 0 saturated carbocycles. The molecule has 7 heteroatoms. The number of ether oxygens (including phenoxy) is 1. The predicted molar refractivity (Wildman–Crippen MR) is 68.2 cm³/mol. The molecule has 0 aromatic heterocycles. The first-order valence-corrected chi connectivity index (χ1v) is 6.38. The van der Waals surface area contributed by atoms with Crippen LogP contribution in [0.25, 0.3) is 0 Å². The highest BCUT2D eigenvalue weighted by molar-refractivity contribution is 5.86. The zero-order valence-corrected chi connectivity index (χ0v) is 11.3. The third-order valence-electron chi connectivity index (χ3n) is 3.08. The van der Waals surface area contributed by atoms with Gasteiger partial charge in [0, 0.05) is 12.5 Å². The highest BCUT2D eigenvalue weighted by atomic mass is 16.5. The van der Waals surface area contributed by atoms with Crippen LogP contribution in [0, 0.1) is 5.92 Å². The van der Waals surface area contributed by atoms with E-state index in [0.717, 1.165) is 12.8 Å². The van der Waals surface area contributed by atoms with Crippen molar-refractivity contribution in [3.05, 3.63) is 0 Å². The van der Waals surface area contributed by atoms with Crippen molar-refractivity contribution in [2.24, 2.45) is 5.92 Å². The van der Waals surface area contributed by atoms with Crippen LogP contribution in [0.3, 0.4) is 0 Å². The standard InChI is InChI=1S/C12H21N3O4/c1-13-7-10(16)15-9(12(18)19-2)6-8-4-3-5-14-11(8)17/h8-9,13H,3-7H2,1-2H3,(H,14,17)(H,15,16)/t8-,9-/m0/s1. The van der Waals surface area contributed by atoms with Gasteiger partial charge in [-0.05, 0) is 26.3 Å². The summed E-state index contributed by atoms with van der Waals surface area (Å²) in [5.41, 5.74) is 0. The van der Waals surface area contributed by atoms with Gasteiger partial charge in [0.15, 0.2) is 0 Å². The SMILES string of the molecule is CNCC(=O)N[C@@H](C[C@@H]1CCCNC1=O)C(=O)OC. The molecule has 2 atom stereocenters. The van der Waals surface area contributed by atoms with Crippen LogP contribution in [-0.4, -0.2) is 51.1 Å². The lowest BCUT2D eigenvalue weighted by Gasteiger charge is -2.25. The first-order valence-electron chi connectivity index (χ1n) is 6.38. The molecule has 108 valence electrons. The summed E-state index contributed by atoms with van der Waals surface area (Å²) in [5.74, 6) is -1.15. The molecule has 1 heterocycles. The molecule has 1 aliphatic rings. The van der Waals surface area contributed by atoms with Crippen molar-refractivity contribution < 1.29 is 19.1 Å². The fraction of sp³-hybridized carbons (Fsp3) is 0.750. The van der Waals surface area contributed by atoms with Crippen LogP contribution in [0.2, 0.25) is 0 Å². The maximum Gasteiger partial charge on any atom is 0.328 e. The van der Waals surface area contributed by atoms with Gasteiger partial charge < -0.3 is 20.7 Å². The molecule has 0 unspecified atom stereocenters. The number of amides is 2. The van der Waals surface area contributed by atoms with Gasteiger partial charge in [-0.1, -0.05) is 0 Å². The van der Waals surface area contributed by atoms with Gasteiger partial charge >= 0.3 is 5.97 Å². The zero-order chi connectivity index (χ0) is 14.3. The summed E-state index contributed by atoms with van der Waals surface area (Å²) < 4.78 is 4.66. The number of methoxy groups -OCH3 is 1. The van der Waals surface area contributed by atoms with Crippen molar-refractivity contribution in [2.75, 3.05) is 27.2 Å². The van der Waals surface area contributed by atoms with Gasteiger partial charge in [-0.15, -0.1) is 0 Å². The molecular weight excluding hydrogens is 250 g/mol. The number of carbonyl (C=O) groups excluding carboxylic acids is 3. The van der Waals surface area contributed by atoms with Crippen LogP contribution >= 0.6 is 0 Å². The van der Waals surface area contributed by atoms with Crippen molar-refractivity contribution in [1.82, 2.24) is 16.0 Å². The Morgan fingerprint density at radius 3 is 2.84 bits per heavy atom. The number of rotatable bonds is 6. The maximum absolute atomic E-state index is 11.7. The number of piperidine rings is 1. The van der Waals surface area contributed by atoms with Gasteiger partial charge in [-0.25, -0.2) is 4.79 Å². The minimum atomic E-state index is -0.778. The van der Waals surface area contributed by atoms with E-state index >= 15 is 0 Å². The van der Waals surface area contributed by atoms with E-state index < -0.39 is 12.0 Å². The van der Waals surface area contributed by atoms with E-state index in [9.17, 15) is 14.4 Å². The second-order valence-electron chi connectivity index (χ2n) is 4.54. The Labute approximate surface area is 112 Å². The van der Waals surface area contributed by atoms with E-state index in [1.165, 1.54) is 7.11 Å². The van der Waals surface area contributed by atoms with E-state index in [1.54, 1.807) is 7.05 Å². The molecule has 1 fully saturated rings. The summed E-state index contributed by atoms with van der Waals surface area (Å²) in [6.45, 7) is 0.786. The Morgan fingerprint density at radius 1 is 1.53 bits per heavy atom. The monoisotopic (exact) mass is 271 g/mol. The number of hydrogen-bond donors (Lipinski definition) is 3. The Morgan fingerprint density at radius 2 is 2.26 bits per heavy atom. The lowest BCUT2D eigenvalue weighted by atomic mass is 9.91. The van der Waals surface area contributed by atoms with Crippen LogP contribution in [0.1, 0.15) is 19.3 Å². The molecule has 0 radical (unpaired) electrons. The lowest BCUT2D eigenvalue weighted by molar-refractivity contribution is -0.146. The molecule has 1 aliphatic heterocycles. The maximum atomic E-state index is 11.7. The number of nitrogens with one attached hydrogen (secondary N) is 3. The first kappa shape index (κ1) is 15.4. The molecule has 2 amide bonds. The predicted octanol–water partition coefficient (Wildman–Crippen LogP) is -1.22. The first-order chi connectivity index (χ1) is 9.08. The lowest BCUT2D eigenvalue weighted by Crippen LogP contribution is -2.48. The summed E-state index contributed by atoms with van der Waals surface area (Å²) >= 11 is 0. The van der Waals surface area contributed by atoms with Crippen molar-refractivity contribution in [1.29, 1.82) is 0 Å². The van der Waals surface area contributed by atoms with Gasteiger partial charge in [0.2, 0.25) is 11.8 Å². The second-order valence-corrected chi connectivity index (χ2v) is 4.54. The van der Waals surface area contributed by atoms with Gasteiger partial charge in [0.25, 0.3) is 0 Å². The molecular formula is C12H21N3O4. The fourth-order valence-electron chi connectivity index (χ4n) is 2.11. The molecule has 0 aromatic carbocycles. The van der Waals surface area contributed by atoms with Crippen molar-refractivity contribution in [3.63, 3.8) is 0 Å². The summed E-state index contributed by atoms with van der Waals surface area (Å²) in [6, 6.07) is -0.778. The topological polar surface area (TPSA) is 96.5 Å². The van der Waals surface area contributed by atoms with Crippen molar-refractivity contribution >= 4 is 17.8 Å². The van der Waals surface area contributed by atoms with Crippen LogP contribution in [-0.2, 0) is 19.1 Å². The summed E-state index contributed by atoms with van der Waals surface area (Å²) in [7, 11) is 2.90. The Balaban J connectivity index is 2.60. The summed E-state index contributed by atoms with van der Waals surface area (Å²) in [5, 5.41) is 8.04. The molecule has 7 nitrogen and oxygen atoms in total. The Bertz CT molecular complexity index is 346. The molecule has 0 spiro atoms. The Hall–Kier alpha value is -1.63. The number of hydrogen-bond acceptors (Lipinski definition) is 5. The minimum absolute atomic E-state index is 0.0666. The number of likely N-dealkylation sites (N-methyl/N-ethyl adjacent to an activating group) is 1. The van der Waals surface area contributed by atoms with Gasteiger partial charge in [0.1, 0.15) is 6.04 Å². The van der Waals surface area contributed by atoms with Gasteiger partial charge in [-0.3, -0.25) is 9.59 Å².